The molecule has 96 valence electrons. The molecule has 0 aromatic carbocycles. The van der Waals surface area contributed by atoms with Gasteiger partial charge < -0.3 is 10.6 Å². The Balaban J connectivity index is 2.70. The van der Waals surface area contributed by atoms with Crippen LogP contribution in [0, 0.1) is 18.3 Å². The number of anilines is 1. The summed E-state index contributed by atoms with van der Waals surface area (Å²) in [5, 5.41) is 14.5. The van der Waals surface area contributed by atoms with Gasteiger partial charge >= 0.3 is 0 Å². The van der Waals surface area contributed by atoms with E-state index in [0.717, 1.165) is 6.42 Å². The molecule has 0 saturated heterocycles. The monoisotopic (exact) mass is 247 g/mol. The second-order valence-corrected chi connectivity index (χ2v) is 3.99. The number of carbonyl (C=O) groups excluding carboxylic acids is 1. The molecule has 6 heteroatoms. The van der Waals surface area contributed by atoms with Gasteiger partial charge in [-0.05, 0) is 26.3 Å². The fourth-order valence-electron chi connectivity index (χ4n) is 1.35. The zero-order chi connectivity index (χ0) is 13.5. The van der Waals surface area contributed by atoms with Gasteiger partial charge in [-0.1, -0.05) is 6.92 Å². The lowest BCUT2D eigenvalue weighted by Crippen LogP contribution is -2.38. The highest BCUT2D eigenvalue weighted by atomic mass is 16.2. The summed E-state index contributed by atoms with van der Waals surface area (Å²) in [4.78, 5) is 19.8. The fraction of sp³-hybridized carbons (Fsp3) is 0.500. The predicted octanol–water partition coefficient (Wildman–Crippen LogP) is 0.983. The van der Waals surface area contributed by atoms with Crippen molar-refractivity contribution in [1.29, 1.82) is 5.26 Å². The molecule has 1 atom stereocenters. The van der Waals surface area contributed by atoms with E-state index in [-0.39, 0.29) is 11.6 Å². The highest BCUT2D eigenvalue weighted by Gasteiger charge is 2.13. The molecule has 2 N–H and O–H groups in total. The van der Waals surface area contributed by atoms with Gasteiger partial charge in [-0.15, -0.1) is 0 Å². The summed E-state index contributed by atoms with van der Waals surface area (Å²) in [5.74, 6) is 0.186. The van der Waals surface area contributed by atoms with Gasteiger partial charge in [0.2, 0.25) is 11.9 Å². The highest BCUT2D eigenvalue weighted by Crippen LogP contribution is 2.05. The molecule has 0 aliphatic carbocycles. The number of nitrogens with zero attached hydrogens (tertiary/aromatic N) is 3. The minimum Gasteiger partial charge on any atom is -0.354 e. The van der Waals surface area contributed by atoms with E-state index in [4.69, 9.17) is 5.26 Å². The van der Waals surface area contributed by atoms with Crippen molar-refractivity contribution in [3.05, 3.63) is 17.5 Å². The molecular formula is C12H17N5O. The van der Waals surface area contributed by atoms with Crippen LogP contribution in [0.25, 0.3) is 0 Å². The Labute approximate surface area is 106 Å². The number of carbonyl (C=O) groups is 1. The molecule has 0 saturated carbocycles. The maximum absolute atomic E-state index is 11.7. The average molecular weight is 247 g/mol. The van der Waals surface area contributed by atoms with Crippen molar-refractivity contribution >= 4 is 11.9 Å². The second kappa shape index (κ2) is 6.55. The van der Waals surface area contributed by atoms with Crippen LogP contribution in [-0.4, -0.2) is 28.5 Å². The van der Waals surface area contributed by atoms with E-state index < -0.39 is 6.04 Å². The smallest absolute Gasteiger partial charge is 0.242 e. The van der Waals surface area contributed by atoms with E-state index in [1.165, 1.54) is 0 Å². The lowest BCUT2D eigenvalue weighted by molar-refractivity contribution is -0.121. The number of nitrogens with one attached hydrogen (secondary N) is 2. The first-order valence-corrected chi connectivity index (χ1v) is 5.86. The fourth-order valence-corrected chi connectivity index (χ4v) is 1.35. The van der Waals surface area contributed by atoms with E-state index in [0.29, 0.717) is 18.2 Å². The first kappa shape index (κ1) is 13.9. The number of hydrogen-bond donors (Lipinski definition) is 2. The maximum Gasteiger partial charge on any atom is 0.242 e. The van der Waals surface area contributed by atoms with Crippen LogP contribution in [-0.2, 0) is 4.79 Å². The van der Waals surface area contributed by atoms with Crippen molar-refractivity contribution in [2.75, 3.05) is 11.9 Å². The van der Waals surface area contributed by atoms with Crippen LogP contribution in [0.5, 0.6) is 0 Å². The summed E-state index contributed by atoms with van der Waals surface area (Å²) in [7, 11) is 0. The number of rotatable bonds is 5. The molecule has 0 aliphatic rings. The standard InChI is InChI=1S/C12H17N5O/c1-4-5-14-11(18)9(3)16-12-15-8(2)6-10(7-13)17-12/h6,9H,4-5H2,1-3H3,(H,14,18)(H,15,16,17). The van der Waals surface area contributed by atoms with Crippen LogP contribution in [0.3, 0.4) is 0 Å². The van der Waals surface area contributed by atoms with Gasteiger partial charge in [-0.2, -0.15) is 5.26 Å². The summed E-state index contributed by atoms with van der Waals surface area (Å²) in [6, 6.07) is 3.10. The number of aromatic nitrogens is 2. The van der Waals surface area contributed by atoms with Crippen LogP contribution in [0.15, 0.2) is 6.07 Å². The van der Waals surface area contributed by atoms with E-state index in [2.05, 4.69) is 20.6 Å². The SMILES string of the molecule is CCCNC(=O)C(C)Nc1nc(C)cc(C#N)n1. The molecule has 0 bridgehead atoms. The van der Waals surface area contributed by atoms with Crippen molar-refractivity contribution in [1.82, 2.24) is 15.3 Å². The van der Waals surface area contributed by atoms with E-state index in [9.17, 15) is 4.79 Å². The number of aryl methyl sites for hydroxylation is 1. The molecule has 0 aliphatic heterocycles. The highest BCUT2D eigenvalue weighted by molar-refractivity contribution is 5.83. The summed E-state index contributed by atoms with van der Waals surface area (Å²) >= 11 is 0. The molecule has 1 rings (SSSR count). The van der Waals surface area contributed by atoms with Crippen LogP contribution in [0.2, 0.25) is 0 Å². The molecule has 1 aromatic rings. The van der Waals surface area contributed by atoms with Crippen LogP contribution in [0.4, 0.5) is 5.95 Å². The molecule has 6 nitrogen and oxygen atoms in total. The van der Waals surface area contributed by atoms with Gasteiger partial charge in [0.1, 0.15) is 17.8 Å². The zero-order valence-electron chi connectivity index (χ0n) is 10.8. The number of nitriles is 1. The zero-order valence-corrected chi connectivity index (χ0v) is 10.8. The molecular weight excluding hydrogens is 230 g/mol. The van der Waals surface area contributed by atoms with Crippen molar-refractivity contribution in [3.63, 3.8) is 0 Å². The first-order valence-electron chi connectivity index (χ1n) is 5.86. The van der Waals surface area contributed by atoms with Gasteiger partial charge in [0, 0.05) is 12.2 Å². The molecule has 0 spiro atoms. The molecule has 1 amide bonds. The quantitative estimate of drug-likeness (QED) is 0.809. The van der Waals surface area contributed by atoms with Crippen molar-refractivity contribution in [2.24, 2.45) is 0 Å². The lowest BCUT2D eigenvalue weighted by Gasteiger charge is -2.13. The maximum atomic E-state index is 11.7. The minimum atomic E-state index is -0.440. The summed E-state index contributed by atoms with van der Waals surface area (Å²) in [6.07, 6.45) is 0.887. The second-order valence-electron chi connectivity index (χ2n) is 3.99. The topological polar surface area (TPSA) is 90.7 Å². The minimum absolute atomic E-state index is 0.111. The predicted molar refractivity (Wildman–Crippen MR) is 67.9 cm³/mol. The number of amides is 1. The molecule has 1 heterocycles. The van der Waals surface area contributed by atoms with Crippen molar-refractivity contribution < 1.29 is 4.79 Å². The normalized spacial score (nSPS) is 11.4. The van der Waals surface area contributed by atoms with Gasteiger partial charge in [-0.3, -0.25) is 4.79 Å². The average Bonchev–Trinajstić information content (AvgIpc) is 2.34. The molecule has 1 unspecified atom stereocenters. The summed E-state index contributed by atoms with van der Waals surface area (Å²) < 4.78 is 0. The molecule has 0 fully saturated rings. The Hall–Kier alpha value is -2.16. The van der Waals surface area contributed by atoms with Gasteiger partial charge in [0.25, 0.3) is 0 Å². The third-order valence-electron chi connectivity index (χ3n) is 2.26. The molecule has 18 heavy (non-hydrogen) atoms. The largest absolute Gasteiger partial charge is 0.354 e. The van der Waals surface area contributed by atoms with Gasteiger partial charge in [0.15, 0.2) is 0 Å². The Morgan fingerprint density at radius 2 is 2.28 bits per heavy atom. The molecule has 0 radical (unpaired) electrons. The summed E-state index contributed by atoms with van der Waals surface area (Å²) in [6.45, 7) is 6.13. The summed E-state index contributed by atoms with van der Waals surface area (Å²) in [5.41, 5.74) is 0.969. The number of hydrogen-bond acceptors (Lipinski definition) is 5. The molecule has 1 aromatic heterocycles. The van der Waals surface area contributed by atoms with Crippen LogP contribution >= 0.6 is 0 Å². The Kier molecular flexibility index (Phi) is 5.06. The Morgan fingerprint density at radius 1 is 1.56 bits per heavy atom. The Morgan fingerprint density at radius 3 is 2.89 bits per heavy atom. The van der Waals surface area contributed by atoms with Crippen molar-refractivity contribution in [3.8, 4) is 6.07 Å². The Bertz CT molecular complexity index is 466. The van der Waals surface area contributed by atoms with Gasteiger partial charge in [0.05, 0.1) is 0 Å². The first-order chi connectivity index (χ1) is 8.56. The van der Waals surface area contributed by atoms with E-state index >= 15 is 0 Å². The van der Waals surface area contributed by atoms with Gasteiger partial charge in [-0.25, -0.2) is 9.97 Å². The third kappa shape index (κ3) is 4.01. The van der Waals surface area contributed by atoms with Crippen LogP contribution < -0.4 is 10.6 Å². The van der Waals surface area contributed by atoms with Crippen LogP contribution in [0.1, 0.15) is 31.7 Å². The lowest BCUT2D eigenvalue weighted by atomic mass is 10.3. The third-order valence-corrected chi connectivity index (χ3v) is 2.26. The van der Waals surface area contributed by atoms with Crippen molar-refractivity contribution in [2.45, 2.75) is 33.2 Å². The van der Waals surface area contributed by atoms with E-state index in [1.807, 2.05) is 13.0 Å². The van der Waals surface area contributed by atoms with E-state index in [1.54, 1.807) is 19.9 Å².